The summed E-state index contributed by atoms with van der Waals surface area (Å²) in [7, 11) is 1.62. The van der Waals surface area contributed by atoms with Crippen LogP contribution in [0.2, 0.25) is 0 Å². The second kappa shape index (κ2) is 6.62. The standard InChI is InChI=1S/C11H17NO3S/c1-9-3-4-10(16-9)7-12(5-6-15-2)8-11(13)14/h3-4H,5-8H2,1-2H3,(H,13,14). The molecule has 1 rings (SSSR count). The summed E-state index contributed by atoms with van der Waals surface area (Å²) in [5.74, 6) is -0.801. The molecule has 0 spiro atoms. The van der Waals surface area contributed by atoms with Gasteiger partial charge in [-0.2, -0.15) is 0 Å². The SMILES string of the molecule is COCCN(CC(=O)O)Cc1ccc(C)s1. The highest BCUT2D eigenvalue weighted by Gasteiger charge is 2.10. The summed E-state index contributed by atoms with van der Waals surface area (Å²) in [5.41, 5.74) is 0. The van der Waals surface area contributed by atoms with E-state index < -0.39 is 5.97 Å². The number of aryl methyl sites for hydroxylation is 1. The Morgan fingerprint density at radius 2 is 2.31 bits per heavy atom. The zero-order valence-electron chi connectivity index (χ0n) is 9.60. The van der Waals surface area contributed by atoms with Crippen LogP contribution in [0.15, 0.2) is 12.1 Å². The number of carboxylic acid groups (broad SMARTS) is 1. The average Bonchev–Trinajstić information content (AvgIpc) is 2.59. The Balaban J connectivity index is 2.51. The maximum Gasteiger partial charge on any atom is 0.317 e. The average molecular weight is 243 g/mol. The highest BCUT2D eigenvalue weighted by atomic mass is 32.1. The summed E-state index contributed by atoms with van der Waals surface area (Å²) in [6, 6.07) is 4.09. The van der Waals surface area contributed by atoms with Crippen LogP contribution < -0.4 is 0 Å². The van der Waals surface area contributed by atoms with Gasteiger partial charge in [0.2, 0.25) is 0 Å². The minimum atomic E-state index is -0.801. The number of ether oxygens (including phenoxy) is 1. The van der Waals surface area contributed by atoms with Gasteiger partial charge >= 0.3 is 5.97 Å². The van der Waals surface area contributed by atoms with E-state index in [0.29, 0.717) is 19.7 Å². The molecule has 0 unspecified atom stereocenters. The van der Waals surface area contributed by atoms with E-state index in [1.165, 1.54) is 9.75 Å². The zero-order valence-corrected chi connectivity index (χ0v) is 10.4. The van der Waals surface area contributed by atoms with Crippen LogP contribution in [-0.2, 0) is 16.1 Å². The molecule has 0 bridgehead atoms. The van der Waals surface area contributed by atoms with Gasteiger partial charge in [-0.1, -0.05) is 0 Å². The number of nitrogens with zero attached hydrogens (tertiary/aromatic N) is 1. The Morgan fingerprint density at radius 1 is 1.56 bits per heavy atom. The minimum Gasteiger partial charge on any atom is -0.480 e. The Labute approximate surface area is 99.5 Å². The first-order valence-corrected chi connectivity index (χ1v) is 5.92. The second-order valence-corrected chi connectivity index (χ2v) is 4.98. The van der Waals surface area contributed by atoms with Crippen molar-refractivity contribution in [3.05, 3.63) is 21.9 Å². The first-order valence-electron chi connectivity index (χ1n) is 5.10. The first kappa shape index (κ1) is 13.2. The predicted molar refractivity (Wildman–Crippen MR) is 63.8 cm³/mol. The number of aliphatic carboxylic acids is 1. The third kappa shape index (κ3) is 4.74. The molecular formula is C11H17NO3S. The van der Waals surface area contributed by atoms with Crippen molar-refractivity contribution < 1.29 is 14.6 Å². The van der Waals surface area contributed by atoms with Crippen LogP contribution in [-0.4, -0.2) is 42.8 Å². The van der Waals surface area contributed by atoms with Gasteiger partial charge in [-0.15, -0.1) is 11.3 Å². The molecule has 0 saturated heterocycles. The summed E-state index contributed by atoms with van der Waals surface area (Å²) in [4.78, 5) is 15.0. The Kier molecular flexibility index (Phi) is 5.45. The molecule has 90 valence electrons. The summed E-state index contributed by atoms with van der Waals surface area (Å²) in [6.07, 6.45) is 0. The van der Waals surface area contributed by atoms with Gasteiger partial charge in [0.05, 0.1) is 13.2 Å². The zero-order chi connectivity index (χ0) is 12.0. The van der Waals surface area contributed by atoms with Gasteiger partial charge in [-0.3, -0.25) is 9.69 Å². The van der Waals surface area contributed by atoms with Gasteiger partial charge in [0.25, 0.3) is 0 Å². The largest absolute Gasteiger partial charge is 0.480 e. The molecule has 16 heavy (non-hydrogen) atoms. The molecule has 0 aliphatic carbocycles. The lowest BCUT2D eigenvalue weighted by Gasteiger charge is -2.18. The molecule has 5 heteroatoms. The van der Waals surface area contributed by atoms with Crippen molar-refractivity contribution in [3.63, 3.8) is 0 Å². The van der Waals surface area contributed by atoms with Gasteiger partial charge in [-0.25, -0.2) is 0 Å². The molecule has 1 aromatic heterocycles. The molecule has 0 aromatic carbocycles. The molecule has 0 aliphatic rings. The second-order valence-electron chi connectivity index (χ2n) is 3.61. The summed E-state index contributed by atoms with van der Waals surface area (Å²) in [5, 5.41) is 8.79. The first-order chi connectivity index (χ1) is 7.61. The number of thiophene rings is 1. The van der Waals surface area contributed by atoms with E-state index in [-0.39, 0.29) is 6.54 Å². The highest BCUT2D eigenvalue weighted by molar-refractivity contribution is 7.11. The fourth-order valence-corrected chi connectivity index (χ4v) is 2.35. The van der Waals surface area contributed by atoms with Crippen LogP contribution in [0.1, 0.15) is 9.75 Å². The van der Waals surface area contributed by atoms with E-state index in [4.69, 9.17) is 9.84 Å². The Bertz CT molecular complexity index is 338. The summed E-state index contributed by atoms with van der Waals surface area (Å²) in [6.45, 7) is 3.97. The molecule has 1 heterocycles. The van der Waals surface area contributed by atoms with Gasteiger partial charge in [0, 0.05) is 30.0 Å². The van der Waals surface area contributed by atoms with E-state index in [2.05, 4.69) is 6.07 Å². The topological polar surface area (TPSA) is 49.8 Å². The molecule has 0 fully saturated rings. The fourth-order valence-electron chi connectivity index (χ4n) is 1.42. The minimum absolute atomic E-state index is 0.0559. The maximum absolute atomic E-state index is 10.7. The van der Waals surface area contributed by atoms with Crippen molar-refractivity contribution in [2.75, 3.05) is 26.8 Å². The van der Waals surface area contributed by atoms with Crippen molar-refractivity contribution in [1.82, 2.24) is 4.90 Å². The van der Waals surface area contributed by atoms with E-state index in [1.807, 2.05) is 17.9 Å². The van der Waals surface area contributed by atoms with Crippen LogP contribution in [0.25, 0.3) is 0 Å². The fraction of sp³-hybridized carbons (Fsp3) is 0.545. The number of carbonyl (C=O) groups is 1. The van der Waals surface area contributed by atoms with Crippen LogP contribution in [0.3, 0.4) is 0 Å². The van der Waals surface area contributed by atoms with Gasteiger partial charge in [0.15, 0.2) is 0 Å². The van der Waals surface area contributed by atoms with E-state index in [1.54, 1.807) is 18.4 Å². The molecular weight excluding hydrogens is 226 g/mol. The number of hydrogen-bond donors (Lipinski definition) is 1. The van der Waals surface area contributed by atoms with Crippen LogP contribution in [0.5, 0.6) is 0 Å². The smallest absolute Gasteiger partial charge is 0.317 e. The Hall–Kier alpha value is -0.910. The number of methoxy groups -OCH3 is 1. The van der Waals surface area contributed by atoms with Gasteiger partial charge in [-0.05, 0) is 19.1 Å². The van der Waals surface area contributed by atoms with Crippen molar-refractivity contribution in [2.45, 2.75) is 13.5 Å². The van der Waals surface area contributed by atoms with Crippen molar-refractivity contribution >= 4 is 17.3 Å². The number of rotatable bonds is 7. The van der Waals surface area contributed by atoms with E-state index in [0.717, 1.165) is 0 Å². The lowest BCUT2D eigenvalue weighted by molar-refractivity contribution is -0.138. The number of hydrogen-bond acceptors (Lipinski definition) is 4. The predicted octanol–water partition coefficient (Wildman–Crippen LogP) is 1.59. The van der Waals surface area contributed by atoms with E-state index >= 15 is 0 Å². The highest BCUT2D eigenvalue weighted by Crippen LogP contribution is 2.16. The third-order valence-corrected chi connectivity index (χ3v) is 3.13. The van der Waals surface area contributed by atoms with Crippen molar-refractivity contribution in [3.8, 4) is 0 Å². The lowest BCUT2D eigenvalue weighted by Crippen LogP contribution is -2.31. The quantitative estimate of drug-likeness (QED) is 0.790. The third-order valence-electron chi connectivity index (χ3n) is 2.15. The van der Waals surface area contributed by atoms with Crippen LogP contribution in [0.4, 0.5) is 0 Å². The molecule has 0 atom stereocenters. The van der Waals surface area contributed by atoms with Gasteiger partial charge in [0.1, 0.15) is 0 Å². The van der Waals surface area contributed by atoms with Gasteiger partial charge < -0.3 is 9.84 Å². The summed E-state index contributed by atoms with van der Waals surface area (Å²) >= 11 is 1.70. The molecule has 0 aliphatic heterocycles. The Morgan fingerprint density at radius 3 is 2.81 bits per heavy atom. The normalized spacial score (nSPS) is 10.9. The molecule has 0 radical (unpaired) electrons. The van der Waals surface area contributed by atoms with Crippen molar-refractivity contribution in [1.29, 1.82) is 0 Å². The monoisotopic (exact) mass is 243 g/mol. The molecule has 4 nitrogen and oxygen atoms in total. The van der Waals surface area contributed by atoms with Crippen molar-refractivity contribution in [2.24, 2.45) is 0 Å². The number of carboxylic acids is 1. The molecule has 0 saturated carbocycles. The summed E-state index contributed by atoms with van der Waals surface area (Å²) < 4.78 is 4.97. The maximum atomic E-state index is 10.7. The molecule has 1 N–H and O–H groups in total. The van der Waals surface area contributed by atoms with E-state index in [9.17, 15) is 4.79 Å². The molecule has 0 amide bonds. The van der Waals surface area contributed by atoms with Crippen LogP contribution in [0, 0.1) is 6.92 Å². The lowest BCUT2D eigenvalue weighted by atomic mass is 10.4. The van der Waals surface area contributed by atoms with Crippen LogP contribution >= 0.6 is 11.3 Å². The molecule has 1 aromatic rings.